The molecule has 0 saturated carbocycles. The number of ether oxygens (including phenoxy) is 2. The maximum atomic E-state index is 13.0. The molecular weight excluding hydrogens is 235 g/mol. The van der Waals surface area contributed by atoms with Crippen molar-refractivity contribution in [3.8, 4) is 5.75 Å². The summed E-state index contributed by atoms with van der Waals surface area (Å²) in [6, 6.07) is 3.04. The van der Waals surface area contributed by atoms with Crippen LogP contribution in [0.3, 0.4) is 0 Å². The molecule has 2 heterocycles. The van der Waals surface area contributed by atoms with E-state index in [4.69, 9.17) is 9.47 Å². The fourth-order valence-electron chi connectivity index (χ4n) is 1.53. The molecule has 2 aromatic rings. The summed E-state index contributed by atoms with van der Waals surface area (Å²) in [6.45, 7) is 4.86. The minimum atomic E-state index is -0.407. The monoisotopic (exact) mass is 250 g/mol. The van der Waals surface area contributed by atoms with E-state index in [0.29, 0.717) is 30.0 Å². The first kappa shape index (κ1) is 12.7. The van der Waals surface area contributed by atoms with Crippen LogP contribution in [0.4, 0.5) is 4.39 Å². The van der Waals surface area contributed by atoms with Gasteiger partial charge in [0.15, 0.2) is 0 Å². The van der Waals surface area contributed by atoms with E-state index in [1.165, 1.54) is 6.07 Å². The van der Waals surface area contributed by atoms with Gasteiger partial charge in [-0.2, -0.15) is 0 Å². The van der Waals surface area contributed by atoms with Crippen LogP contribution >= 0.6 is 0 Å². The van der Waals surface area contributed by atoms with Crippen LogP contribution in [-0.2, 0) is 4.74 Å². The third-order valence-electron chi connectivity index (χ3n) is 2.30. The van der Waals surface area contributed by atoms with Crippen LogP contribution in [0.2, 0.25) is 0 Å². The molecular formula is C13H15FN2O2. The van der Waals surface area contributed by atoms with E-state index in [-0.39, 0.29) is 6.10 Å². The molecule has 18 heavy (non-hydrogen) atoms. The fourth-order valence-corrected chi connectivity index (χ4v) is 1.53. The summed E-state index contributed by atoms with van der Waals surface area (Å²) in [4.78, 5) is 8.04. The average molecular weight is 250 g/mol. The minimum absolute atomic E-state index is 0.176. The van der Waals surface area contributed by atoms with Gasteiger partial charge < -0.3 is 9.47 Å². The van der Waals surface area contributed by atoms with E-state index in [2.05, 4.69) is 9.97 Å². The molecule has 0 aromatic carbocycles. The van der Waals surface area contributed by atoms with Crippen molar-refractivity contribution in [1.82, 2.24) is 9.97 Å². The zero-order valence-electron chi connectivity index (χ0n) is 10.4. The first-order chi connectivity index (χ1) is 8.66. The van der Waals surface area contributed by atoms with E-state index in [1.54, 1.807) is 12.3 Å². The lowest BCUT2D eigenvalue weighted by Crippen LogP contribution is -2.11. The van der Waals surface area contributed by atoms with Crippen molar-refractivity contribution in [3.05, 3.63) is 30.3 Å². The van der Waals surface area contributed by atoms with Gasteiger partial charge in [0, 0.05) is 18.3 Å². The van der Waals surface area contributed by atoms with Crippen LogP contribution in [0.5, 0.6) is 5.75 Å². The van der Waals surface area contributed by atoms with Crippen molar-refractivity contribution in [2.75, 3.05) is 13.2 Å². The van der Waals surface area contributed by atoms with Crippen molar-refractivity contribution in [2.24, 2.45) is 0 Å². The molecule has 0 aliphatic carbocycles. The molecule has 96 valence electrons. The van der Waals surface area contributed by atoms with Crippen molar-refractivity contribution in [1.29, 1.82) is 0 Å². The highest BCUT2D eigenvalue weighted by Gasteiger charge is 2.05. The average Bonchev–Trinajstić information content (AvgIpc) is 2.34. The summed E-state index contributed by atoms with van der Waals surface area (Å²) in [6.07, 6.45) is 2.90. The molecule has 0 radical (unpaired) electrons. The van der Waals surface area contributed by atoms with Gasteiger partial charge in [-0.05, 0) is 13.8 Å². The van der Waals surface area contributed by atoms with Gasteiger partial charge in [-0.25, -0.2) is 9.37 Å². The molecule has 0 aliphatic heterocycles. The van der Waals surface area contributed by atoms with Gasteiger partial charge in [0.05, 0.1) is 24.4 Å². The van der Waals surface area contributed by atoms with Crippen LogP contribution in [0.15, 0.2) is 24.5 Å². The van der Waals surface area contributed by atoms with Crippen molar-refractivity contribution >= 4 is 11.0 Å². The Labute approximate surface area is 105 Å². The molecule has 0 fully saturated rings. The topological polar surface area (TPSA) is 44.2 Å². The Balaban J connectivity index is 2.08. The molecule has 0 amide bonds. The standard InChI is InChI=1S/C13H15FN2O2/c1-9(2)17-5-6-18-12-3-4-15-11-7-10(14)8-16-13(11)12/h3-4,7-9H,5-6H2,1-2H3. The van der Waals surface area contributed by atoms with Crippen LogP contribution in [0.1, 0.15) is 13.8 Å². The van der Waals surface area contributed by atoms with E-state index in [0.717, 1.165) is 6.20 Å². The van der Waals surface area contributed by atoms with Gasteiger partial charge in [-0.1, -0.05) is 0 Å². The SMILES string of the molecule is CC(C)OCCOc1ccnc2cc(F)cnc12. The molecule has 2 rings (SSSR count). The zero-order valence-corrected chi connectivity index (χ0v) is 10.4. The third kappa shape index (κ3) is 3.13. The second kappa shape index (κ2) is 5.73. The Hall–Kier alpha value is -1.75. The van der Waals surface area contributed by atoms with Crippen LogP contribution in [0, 0.1) is 5.82 Å². The number of nitrogens with zero attached hydrogens (tertiary/aromatic N) is 2. The summed E-state index contributed by atoms with van der Waals surface area (Å²) >= 11 is 0. The molecule has 0 N–H and O–H groups in total. The van der Waals surface area contributed by atoms with Crippen LogP contribution < -0.4 is 4.74 Å². The van der Waals surface area contributed by atoms with Crippen molar-refractivity contribution in [2.45, 2.75) is 20.0 Å². The number of hydrogen-bond acceptors (Lipinski definition) is 4. The summed E-state index contributed by atoms with van der Waals surface area (Å²) < 4.78 is 23.9. The number of hydrogen-bond donors (Lipinski definition) is 0. The molecule has 0 bridgehead atoms. The van der Waals surface area contributed by atoms with Gasteiger partial charge >= 0.3 is 0 Å². The van der Waals surface area contributed by atoms with Gasteiger partial charge in [-0.3, -0.25) is 4.98 Å². The van der Waals surface area contributed by atoms with Gasteiger partial charge in [0.2, 0.25) is 0 Å². The Kier molecular flexibility index (Phi) is 4.04. The Morgan fingerprint density at radius 2 is 2.11 bits per heavy atom. The summed E-state index contributed by atoms with van der Waals surface area (Å²) in [5, 5.41) is 0. The van der Waals surface area contributed by atoms with Gasteiger partial charge in [0.1, 0.15) is 23.7 Å². The van der Waals surface area contributed by atoms with Crippen LogP contribution in [0.25, 0.3) is 11.0 Å². The molecule has 0 spiro atoms. The quantitative estimate of drug-likeness (QED) is 0.765. The molecule has 0 saturated heterocycles. The van der Waals surface area contributed by atoms with Gasteiger partial charge in [0.25, 0.3) is 0 Å². The summed E-state index contributed by atoms with van der Waals surface area (Å²) in [5.74, 6) is 0.183. The molecule has 5 heteroatoms. The van der Waals surface area contributed by atoms with E-state index >= 15 is 0 Å². The normalized spacial score (nSPS) is 11.1. The Morgan fingerprint density at radius 1 is 1.28 bits per heavy atom. The predicted molar refractivity (Wildman–Crippen MR) is 66.1 cm³/mol. The first-order valence-corrected chi connectivity index (χ1v) is 5.81. The Morgan fingerprint density at radius 3 is 2.89 bits per heavy atom. The largest absolute Gasteiger partial charge is 0.489 e. The molecule has 0 aliphatic rings. The third-order valence-corrected chi connectivity index (χ3v) is 2.30. The summed E-state index contributed by atoms with van der Waals surface area (Å²) in [5.41, 5.74) is 1.04. The molecule has 0 atom stereocenters. The maximum Gasteiger partial charge on any atom is 0.148 e. The number of aromatic nitrogens is 2. The molecule has 2 aromatic heterocycles. The zero-order chi connectivity index (χ0) is 13.0. The Bertz CT molecular complexity index is 531. The lowest BCUT2D eigenvalue weighted by molar-refractivity contribution is 0.0555. The highest BCUT2D eigenvalue weighted by atomic mass is 19.1. The predicted octanol–water partition coefficient (Wildman–Crippen LogP) is 2.57. The van der Waals surface area contributed by atoms with Gasteiger partial charge in [-0.15, -0.1) is 0 Å². The summed E-state index contributed by atoms with van der Waals surface area (Å²) in [7, 11) is 0. The number of fused-ring (bicyclic) bond motifs is 1. The lowest BCUT2D eigenvalue weighted by atomic mass is 10.3. The smallest absolute Gasteiger partial charge is 0.148 e. The van der Waals surface area contributed by atoms with Crippen molar-refractivity contribution in [3.63, 3.8) is 0 Å². The van der Waals surface area contributed by atoms with E-state index in [9.17, 15) is 4.39 Å². The lowest BCUT2D eigenvalue weighted by Gasteiger charge is -2.10. The van der Waals surface area contributed by atoms with E-state index < -0.39 is 5.82 Å². The first-order valence-electron chi connectivity index (χ1n) is 5.81. The molecule has 4 nitrogen and oxygen atoms in total. The van der Waals surface area contributed by atoms with E-state index in [1.807, 2.05) is 13.8 Å². The van der Waals surface area contributed by atoms with Crippen molar-refractivity contribution < 1.29 is 13.9 Å². The highest BCUT2D eigenvalue weighted by Crippen LogP contribution is 2.21. The number of pyridine rings is 2. The number of rotatable bonds is 5. The number of halogens is 1. The second-order valence-corrected chi connectivity index (χ2v) is 4.10. The fraction of sp³-hybridized carbons (Fsp3) is 0.385. The van der Waals surface area contributed by atoms with Crippen LogP contribution in [-0.4, -0.2) is 29.3 Å². The maximum absolute atomic E-state index is 13.0. The minimum Gasteiger partial charge on any atom is -0.489 e. The highest BCUT2D eigenvalue weighted by molar-refractivity contribution is 5.80. The second-order valence-electron chi connectivity index (χ2n) is 4.10. The molecule has 0 unspecified atom stereocenters.